The summed E-state index contributed by atoms with van der Waals surface area (Å²) in [6, 6.07) is 36.8. The van der Waals surface area contributed by atoms with Crippen molar-refractivity contribution in [3.63, 3.8) is 0 Å². The highest BCUT2D eigenvalue weighted by molar-refractivity contribution is 7.17. The molecule has 0 atom stereocenters. The van der Waals surface area contributed by atoms with Gasteiger partial charge in [0.05, 0.1) is 19.9 Å². The van der Waals surface area contributed by atoms with Crippen LogP contribution in [0.25, 0.3) is 0 Å². The normalized spacial score (nSPS) is 11.1. The van der Waals surface area contributed by atoms with Gasteiger partial charge in [0.25, 0.3) is 5.91 Å². The summed E-state index contributed by atoms with van der Waals surface area (Å²) >= 11 is 1.36. The first-order chi connectivity index (χ1) is 20.0. The number of thiazole rings is 1. The smallest absolute Gasteiger partial charge is 0.263 e. The van der Waals surface area contributed by atoms with Crippen molar-refractivity contribution in [1.82, 2.24) is 10.3 Å². The number of aryl methyl sites for hydroxylation is 1. The van der Waals surface area contributed by atoms with Crippen molar-refractivity contribution in [3.05, 3.63) is 142 Å². The number of amides is 1. The molecule has 0 saturated carbocycles. The minimum atomic E-state index is -0.713. The van der Waals surface area contributed by atoms with Crippen molar-refractivity contribution < 1.29 is 14.3 Å². The van der Waals surface area contributed by atoms with E-state index in [9.17, 15) is 4.79 Å². The average Bonchev–Trinajstić information content (AvgIpc) is 3.40. The lowest BCUT2D eigenvalue weighted by Crippen LogP contribution is -2.38. The molecule has 0 saturated heterocycles. The lowest BCUT2D eigenvalue weighted by molar-refractivity contribution is 0.0957. The van der Waals surface area contributed by atoms with Crippen LogP contribution in [0.4, 0.5) is 5.13 Å². The molecule has 0 aliphatic rings. The van der Waals surface area contributed by atoms with E-state index in [0.29, 0.717) is 40.2 Å². The molecule has 0 fully saturated rings. The van der Waals surface area contributed by atoms with Crippen molar-refractivity contribution >= 4 is 22.4 Å². The maximum atomic E-state index is 13.3. The van der Waals surface area contributed by atoms with Crippen LogP contribution >= 0.6 is 11.3 Å². The number of rotatable bonds is 11. The molecule has 0 aliphatic heterocycles. The van der Waals surface area contributed by atoms with Gasteiger partial charge in [-0.15, -0.1) is 0 Å². The summed E-state index contributed by atoms with van der Waals surface area (Å²) in [6.45, 7) is 2.36. The minimum absolute atomic E-state index is 0.140. The Morgan fingerprint density at radius 2 is 1.32 bits per heavy atom. The van der Waals surface area contributed by atoms with E-state index >= 15 is 0 Å². The van der Waals surface area contributed by atoms with Gasteiger partial charge in [-0.3, -0.25) is 4.79 Å². The van der Waals surface area contributed by atoms with E-state index in [4.69, 9.17) is 14.5 Å². The number of carbonyl (C=O) groups excluding carboxylic acids is 1. The zero-order valence-corrected chi connectivity index (χ0v) is 24.2. The fourth-order valence-corrected chi connectivity index (χ4v) is 5.98. The highest BCUT2D eigenvalue weighted by Crippen LogP contribution is 2.41. The fraction of sp³-hybridized carbons (Fsp3) is 0.176. The Labute approximate surface area is 245 Å². The monoisotopic (exact) mass is 563 g/mol. The number of nitrogens with one attached hydrogen (secondary N) is 2. The van der Waals surface area contributed by atoms with Crippen LogP contribution in [0.3, 0.4) is 0 Å². The predicted molar refractivity (Wildman–Crippen MR) is 165 cm³/mol. The Morgan fingerprint density at radius 3 is 1.83 bits per heavy atom. The van der Waals surface area contributed by atoms with Crippen LogP contribution in [0.1, 0.15) is 37.6 Å². The van der Waals surface area contributed by atoms with Crippen molar-refractivity contribution in [2.45, 2.75) is 18.9 Å². The second-order valence-corrected chi connectivity index (χ2v) is 10.6. The molecule has 208 valence electrons. The van der Waals surface area contributed by atoms with Gasteiger partial charge in [-0.05, 0) is 47.7 Å². The summed E-state index contributed by atoms with van der Waals surface area (Å²) < 4.78 is 10.7. The Kier molecular flexibility index (Phi) is 8.65. The number of hydrogen-bond acceptors (Lipinski definition) is 6. The SMILES string of the molecule is COc1ccc(CCNC(=O)c2sc(NC(c3ccccc3)(c3ccccc3)c3ccccc3)nc2C)cc1OC. The van der Waals surface area contributed by atoms with Crippen molar-refractivity contribution in [2.24, 2.45) is 0 Å². The lowest BCUT2D eigenvalue weighted by Gasteiger charge is -2.36. The molecule has 0 unspecified atom stereocenters. The minimum Gasteiger partial charge on any atom is -0.493 e. The number of carbonyl (C=O) groups is 1. The first kappa shape index (κ1) is 27.9. The van der Waals surface area contributed by atoms with Crippen molar-refractivity contribution in [3.8, 4) is 11.5 Å². The second-order valence-electron chi connectivity index (χ2n) is 9.60. The van der Waals surface area contributed by atoms with Crippen LogP contribution in [-0.2, 0) is 12.0 Å². The van der Waals surface area contributed by atoms with Crippen molar-refractivity contribution in [1.29, 1.82) is 0 Å². The topological polar surface area (TPSA) is 72.5 Å². The highest BCUT2D eigenvalue weighted by atomic mass is 32.1. The maximum absolute atomic E-state index is 13.3. The standard InChI is InChI=1S/C34H33N3O3S/c1-24-31(32(38)35-22-21-25-19-20-29(39-2)30(23-25)40-3)41-33(36-24)37-34(26-13-7-4-8-14-26,27-15-9-5-10-16-27)28-17-11-6-12-18-28/h4-20,23H,21-22H2,1-3H3,(H,35,38)(H,36,37). The largest absolute Gasteiger partial charge is 0.493 e. The number of benzene rings is 4. The Bertz CT molecular complexity index is 1490. The van der Waals surface area contributed by atoms with Crippen LogP contribution in [0.5, 0.6) is 11.5 Å². The zero-order valence-electron chi connectivity index (χ0n) is 23.4. The first-order valence-corrected chi connectivity index (χ1v) is 14.3. The summed E-state index contributed by atoms with van der Waals surface area (Å²) in [7, 11) is 3.23. The summed E-state index contributed by atoms with van der Waals surface area (Å²) in [4.78, 5) is 18.7. The molecule has 5 rings (SSSR count). The van der Waals surface area contributed by atoms with Gasteiger partial charge in [-0.25, -0.2) is 4.98 Å². The number of anilines is 1. The van der Waals surface area contributed by atoms with Gasteiger partial charge < -0.3 is 20.1 Å². The molecule has 5 aromatic rings. The summed E-state index contributed by atoms with van der Waals surface area (Å²) in [5, 5.41) is 7.49. The average molecular weight is 564 g/mol. The quantitative estimate of drug-likeness (QED) is 0.172. The third-order valence-electron chi connectivity index (χ3n) is 7.06. The molecule has 0 bridgehead atoms. The Hall–Kier alpha value is -4.62. The van der Waals surface area contributed by atoms with Crippen LogP contribution in [0.15, 0.2) is 109 Å². The van der Waals surface area contributed by atoms with E-state index in [1.165, 1.54) is 11.3 Å². The molecule has 6 nitrogen and oxygen atoms in total. The number of aromatic nitrogens is 1. The zero-order chi connectivity index (χ0) is 28.7. The van der Waals surface area contributed by atoms with E-state index in [-0.39, 0.29) is 5.91 Å². The van der Waals surface area contributed by atoms with Crippen molar-refractivity contribution in [2.75, 3.05) is 26.1 Å². The van der Waals surface area contributed by atoms with Crippen LogP contribution in [0, 0.1) is 6.92 Å². The number of nitrogens with zero attached hydrogens (tertiary/aromatic N) is 1. The van der Waals surface area contributed by atoms with Gasteiger partial charge in [0.2, 0.25) is 0 Å². The Balaban J connectivity index is 1.41. The van der Waals surface area contributed by atoms with Crippen LogP contribution < -0.4 is 20.1 Å². The van der Waals surface area contributed by atoms with Gasteiger partial charge in [-0.2, -0.15) is 0 Å². The molecule has 4 aromatic carbocycles. The van der Waals surface area contributed by atoms with Gasteiger partial charge >= 0.3 is 0 Å². The van der Waals surface area contributed by atoms with E-state index in [1.807, 2.05) is 79.7 Å². The fourth-order valence-electron chi connectivity index (χ4n) is 5.04. The van der Waals surface area contributed by atoms with Gasteiger partial charge in [0.15, 0.2) is 16.6 Å². The molecule has 0 spiro atoms. The third kappa shape index (κ3) is 5.95. The van der Waals surface area contributed by atoms with Crippen LogP contribution in [-0.4, -0.2) is 31.7 Å². The van der Waals surface area contributed by atoms with E-state index in [2.05, 4.69) is 47.0 Å². The highest BCUT2D eigenvalue weighted by Gasteiger charge is 2.37. The second kappa shape index (κ2) is 12.7. The van der Waals surface area contributed by atoms with Gasteiger partial charge in [0, 0.05) is 6.54 Å². The molecular weight excluding hydrogens is 530 g/mol. The molecule has 0 radical (unpaired) electrons. The predicted octanol–water partition coefficient (Wildman–Crippen LogP) is 6.85. The van der Waals surface area contributed by atoms with Gasteiger partial charge in [0.1, 0.15) is 10.4 Å². The number of ether oxygens (including phenoxy) is 2. The summed E-state index contributed by atoms with van der Waals surface area (Å²) in [5.74, 6) is 1.21. The molecule has 1 amide bonds. The molecular formula is C34H33N3O3S. The maximum Gasteiger partial charge on any atom is 0.263 e. The van der Waals surface area contributed by atoms with E-state index in [1.54, 1.807) is 14.2 Å². The number of methoxy groups -OCH3 is 2. The molecule has 1 heterocycles. The van der Waals surface area contributed by atoms with E-state index in [0.717, 1.165) is 22.3 Å². The molecule has 41 heavy (non-hydrogen) atoms. The molecule has 7 heteroatoms. The summed E-state index contributed by atoms with van der Waals surface area (Å²) in [6.07, 6.45) is 0.661. The summed E-state index contributed by atoms with van der Waals surface area (Å²) in [5.41, 5.74) is 4.24. The van der Waals surface area contributed by atoms with Crippen LogP contribution in [0.2, 0.25) is 0 Å². The molecule has 1 aromatic heterocycles. The lowest BCUT2D eigenvalue weighted by atomic mass is 9.77. The third-order valence-corrected chi connectivity index (χ3v) is 8.14. The van der Waals surface area contributed by atoms with E-state index < -0.39 is 5.54 Å². The molecule has 0 aliphatic carbocycles. The first-order valence-electron chi connectivity index (χ1n) is 13.5. The molecule has 2 N–H and O–H groups in total. The van der Waals surface area contributed by atoms with Gasteiger partial charge in [-0.1, -0.05) is 108 Å². The Morgan fingerprint density at radius 1 is 0.780 bits per heavy atom. The number of hydrogen-bond donors (Lipinski definition) is 2.